The molecule has 0 aromatic carbocycles. The van der Waals surface area contributed by atoms with Crippen LogP contribution in [0, 0.1) is 0 Å². The van der Waals surface area contributed by atoms with E-state index in [1.54, 1.807) is 6.08 Å². The van der Waals surface area contributed by atoms with E-state index >= 15 is 0 Å². The van der Waals surface area contributed by atoms with Gasteiger partial charge in [0.2, 0.25) is 0 Å². The minimum atomic E-state index is -0.645. The summed E-state index contributed by atoms with van der Waals surface area (Å²) in [6, 6.07) is 0. The van der Waals surface area contributed by atoms with Crippen LogP contribution >= 0.6 is 0 Å². The molecule has 0 aliphatic heterocycles. The van der Waals surface area contributed by atoms with Gasteiger partial charge in [-0.05, 0) is 26.0 Å². The number of hydrogen-bond acceptors (Lipinski definition) is 4. The average molecular weight is 225 g/mol. The Balaban J connectivity index is 4.18. The molecule has 0 aliphatic rings. The Morgan fingerprint density at radius 3 is 2.81 bits per heavy atom. The van der Waals surface area contributed by atoms with Crippen LogP contribution in [-0.2, 0) is 0 Å². The summed E-state index contributed by atoms with van der Waals surface area (Å²) in [5.74, 6) is 0.209. The van der Waals surface area contributed by atoms with Crippen molar-refractivity contribution in [3.63, 3.8) is 0 Å². The predicted molar refractivity (Wildman–Crippen MR) is 69.4 cm³/mol. The van der Waals surface area contributed by atoms with Crippen LogP contribution < -0.4 is 11.1 Å². The third kappa shape index (κ3) is 7.20. The lowest BCUT2D eigenvalue weighted by molar-refractivity contribution is 0.237. The number of aliphatic imine (C=N–C) groups is 1. The Kier molecular flexibility index (Phi) is 8.48. The van der Waals surface area contributed by atoms with Gasteiger partial charge in [0, 0.05) is 6.54 Å². The van der Waals surface area contributed by atoms with Gasteiger partial charge in [-0.1, -0.05) is 26.0 Å². The summed E-state index contributed by atoms with van der Waals surface area (Å²) in [7, 11) is 0. The SMILES string of the molecule is C=C(N)N=C(/C=C\C)C(O)CNCCCC. The van der Waals surface area contributed by atoms with Crippen molar-refractivity contribution in [2.24, 2.45) is 10.7 Å². The summed E-state index contributed by atoms with van der Waals surface area (Å²) in [5, 5.41) is 13.0. The molecule has 0 aliphatic carbocycles. The minimum Gasteiger partial charge on any atom is -0.385 e. The first-order valence-electron chi connectivity index (χ1n) is 5.66. The van der Waals surface area contributed by atoms with Crippen LogP contribution in [0.3, 0.4) is 0 Å². The zero-order valence-corrected chi connectivity index (χ0v) is 10.2. The summed E-state index contributed by atoms with van der Waals surface area (Å²) < 4.78 is 0. The maximum Gasteiger partial charge on any atom is 0.116 e. The molecule has 1 unspecified atom stereocenters. The van der Waals surface area contributed by atoms with Gasteiger partial charge >= 0.3 is 0 Å². The molecule has 1 atom stereocenters. The zero-order valence-electron chi connectivity index (χ0n) is 10.2. The highest BCUT2D eigenvalue weighted by molar-refractivity contribution is 5.99. The first-order chi connectivity index (χ1) is 7.61. The van der Waals surface area contributed by atoms with Gasteiger partial charge in [0.05, 0.1) is 5.71 Å². The van der Waals surface area contributed by atoms with Crippen molar-refractivity contribution in [3.05, 3.63) is 24.6 Å². The van der Waals surface area contributed by atoms with Gasteiger partial charge in [-0.25, -0.2) is 4.99 Å². The predicted octanol–water partition coefficient (Wildman–Crippen LogP) is 1.18. The lowest BCUT2D eigenvalue weighted by Crippen LogP contribution is -2.33. The van der Waals surface area contributed by atoms with Crippen molar-refractivity contribution in [1.82, 2.24) is 5.32 Å². The lowest BCUT2D eigenvalue weighted by Gasteiger charge is -2.12. The van der Waals surface area contributed by atoms with Gasteiger partial charge in [0.1, 0.15) is 11.9 Å². The van der Waals surface area contributed by atoms with Gasteiger partial charge in [-0.15, -0.1) is 0 Å². The first-order valence-corrected chi connectivity index (χ1v) is 5.66. The highest BCUT2D eigenvalue weighted by Crippen LogP contribution is 1.95. The van der Waals surface area contributed by atoms with Crippen molar-refractivity contribution >= 4 is 5.71 Å². The number of aliphatic hydroxyl groups excluding tert-OH is 1. The Morgan fingerprint density at radius 1 is 1.62 bits per heavy atom. The summed E-state index contributed by atoms with van der Waals surface area (Å²) in [4.78, 5) is 3.99. The zero-order chi connectivity index (χ0) is 12.4. The van der Waals surface area contributed by atoms with Crippen LogP contribution in [0.15, 0.2) is 29.5 Å². The number of nitrogens with one attached hydrogen (secondary N) is 1. The van der Waals surface area contributed by atoms with Crippen LogP contribution in [0.4, 0.5) is 0 Å². The number of hydrogen-bond donors (Lipinski definition) is 3. The number of nitrogens with zero attached hydrogens (tertiary/aromatic N) is 1. The quantitative estimate of drug-likeness (QED) is 0.429. The minimum absolute atomic E-state index is 0.209. The highest BCUT2D eigenvalue weighted by atomic mass is 16.3. The smallest absolute Gasteiger partial charge is 0.116 e. The van der Waals surface area contributed by atoms with Gasteiger partial charge in [-0.3, -0.25) is 0 Å². The third-order valence-corrected chi connectivity index (χ3v) is 2.00. The average Bonchev–Trinajstić information content (AvgIpc) is 2.23. The molecule has 4 nitrogen and oxygen atoms in total. The number of allylic oxidation sites excluding steroid dienone is 1. The van der Waals surface area contributed by atoms with Gasteiger partial charge in [0.15, 0.2) is 0 Å². The molecule has 0 rings (SSSR count). The summed E-state index contributed by atoms with van der Waals surface area (Å²) >= 11 is 0. The molecule has 4 N–H and O–H groups in total. The number of aliphatic hydroxyl groups is 1. The summed E-state index contributed by atoms with van der Waals surface area (Å²) in [5.41, 5.74) is 5.93. The Labute approximate surface area is 98.0 Å². The second kappa shape index (κ2) is 9.12. The van der Waals surface area contributed by atoms with E-state index in [0.717, 1.165) is 19.4 Å². The number of unbranched alkanes of at least 4 members (excludes halogenated alkanes) is 1. The maximum absolute atomic E-state index is 9.85. The molecule has 16 heavy (non-hydrogen) atoms. The number of rotatable bonds is 8. The largest absolute Gasteiger partial charge is 0.385 e. The van der Waals surface area contributed by atoms with Crippen molar-refractivity contribution < 1.29 is 5.11 Å². The van der Waals surface area contributed by atoms with Crippen molar-refractivity contribution in [2.45, 2.75) is 32.8 Å². The van der Waals surface area contributed by atoms with Crippen LogP contribution in [-0.4, -0.2) is 30.0 Å². The highest BCUT2D eigenvalue weighted by Gasteiger charge is 2.09. The van der Waals surface area contributed by atoms with Gasteiger partial charge < -0.3 is 16.2 Å². The number of nitrogens with two attached hydrogens (primary N) is 1. The molecule has 0 heterocycles. The molecule has 0 saturated heterocycles. The van der Waals surface area contributed by atoms with E-state index in [2.05, 4.69) is 23.8 Å². The Bertz CT molecular complexity index is 259. The molecule has 0 aromatic heterocycles. The van der Waals surface area contributed by atoms with Gasteiger partial charge in [0.25, 0.3) is 0 Å². The molecule has 0 saturated carbocycles. The first kappa shape index (κ1) is 14.9. The Hall–Kier alpha value is -1.13. The van der Waals surface area contributed by atoms with E-state index in [4.69, 9.17) is 5.73 Å². The van der Waals surface area contributed by atoms with E-state index in [1.807, 2.05) is 13.0 Å². The molecule has 4 heteroatoms. The van der Waals surface area contributed by atoms with Crippen LogP contribution in [0.1, 0.15) is 26.7 Å². The van der Waals surface area contributed by atoms with Crippen LogP contribution in [0.5, 0.6) is 0 Å². The fourth-order valence-corrected chi connectivity index (χ4v) is 1.20. The monoisotopic (exact) mass is 225 g/mol. The summed E-state index contributed by atoms with van der Waals surface area (Å²) in [6.07, 6.45) is 5.15. The van der Waals surface area contributed by atoms with E-state index in [0.29, 0.717) is 12.3 Å². The topological polar surface area (TPSA) is 70.6 Å². The lowest BCUT2D eigenvalue weighted by atomic mass is 10.2. The fourth-order valence-electron chi connectivity index (χ4n) is 1.20. The molecule has 0 bridgehead atoms. The van der Waals surface area contributed by atoms with E-state index < -0.39 is 6.10 Å². The van der Waals surface area contributed by atoms with Crippen molar-refractivity contribution in [1.29, 1.82) is 0 Å². The second-order valence-electron chi connectivity index (χ2n) is 3.60. The second-order valence-corrected chi connectivity index (χ2v) is 3.60. The van der Waals surface area contributed by atoms with Crippen molar-refractivity contribution in [3.8, 4) is 0 Å². The van der Waals surface area contributed by atoms with Crippen LogP contribution in [0.25, 0.3) is 0 Å². The fraction of sp³-hybridized carbons (Fsp3) is 0.583. The molecule has 0 amide bonds. The maximum atomic E-state index is 9.85. The molecule has 0 fully saturated rings. The Morgan fingerprint density at radius 2 is 2.31 bits per heavy atom. The summed E-state index contributed by atoms with van der Waals surface area (Å²) in [6.45, 7) is 8.88. The van der Waals surface area contributed by atoms with E-state index in [1.165, 1.54) is 0 Å². The van der Waals surface area contributed by atoms with E-state index in [9.17, 15) is 5.11 Å². The van der Waals surface area contributed by atoms with Gasteiger partial charge in [-0.2, -0.15) is 0 Å². The molecule has 0 spiro atoms. The van der Waals surface area contributed by atoms with E-state index in [-0.39, 0.29) is 5.82 Å². The standard InChI is InChI=1S/C12H23N3O/c1-4-6-8-14-9-12(16)11(7-5-2)15-10(3)13/h5,7,12,14,16H,3-4,6,8-9,13H2,1-2H3/b7-5-,15-11?. The molecule has 92 valence electrons. The molecule has 0 aromatic rings. The third-order valence-electron chi connectivity index (χ3n) is 2.00. The normalized spacial score (nSPS) is 14.3. The molecule has 0 radical (unpaired) electrons. The molecular formula is C12H23N3O. The molecular weight excluding hydrogens is 202 g/mol. The van der Waals surface area contributed by atoms with Crippen LogP contribution in [0.2, 0.25) is 0 Å². The van der Waals surface area contributed by atoms with Crippen molar-refractivity contribution in [2.75, 3.05) is 13.1 Å².